The summed E-state index contributed by atoms with van der Waals surface area (Å²) in [6.07, 6.45) is 4.18. The van der Waals surface area contributed by atoms with E-state index in [1.165, 1.54) is 11.1 Å². The van der Waals surface area contributed by atoms with Gasteiger partial charge in [0.15, 0.2) is 0 Å². The van der Waals surface area contributed by atoms with E-state index in [1.54, 1.807) is 6.07 Å². The molecule has 2 aliphatic carbocycles. The van der Waals surface area contributed by atoms with E-state index in [0.29, 0.717) is 5.75 Å². The number of benzene rings is 1. The predicted molar refractivity (Wildman–Crippen MR) is 52.3 cm³/mol. The molecule has 0 radical (unpaired) electrons. The third-order valence-electron chi connectivity index (χ3n) is 3.76. The molecule has 1 fully saturated rings. The van der Waals surface area contributed by atoms with Crippen LogP contribution in [0.3, 0.4) is 0 Å². The van der Waals surface area contributed by atoms with Gasteiger partial charge in [0.2, 0.25) is 0 Å². The maximum atomic E-state index is 10.8. The van der Waals surface area contributed by atoms with Gasteiger partial charge in [-0.2, -0.15) is 0 Å². The largest absolute Gasteiger partial charge is 0.508 e. The monoisotopic (exact) mass is 188 g/mol. The Hall–Kier alpha value is -1.31. The lowest BCUT2D eigenvalue weighted by Gasteiger charge is -2.08. The number of hydrogen-bond acceptors (Lipinski definition) is 2. The molecule has 0 bridgehead atoms. The second kappa shape index (κ2) is 2.38. The van der Waals surface area contributed by atoms with Crippen molar-refractivity contribution < 1.29 is 9.90 Å². The van der Waals surface area contributed by atoms with Crippen LogP contribution in [0.4, 0.5) is 0 Å². The fourth-order valence-corrected chi connectivity index (χ4v) is 2.87. The Morgan fingerprint density at radius 1 is 1.50 bits per heavy atom. The lowest BCUT2D eigenvalue weighted by molar-refractivity contribution is -0.109. The van der Waals surface area contributed by atoms with E-state index >= 15 is 0 Å². The Morgan fingerprint density at radius 3 is 3.07 bits per heavy atom. The Bertz CT molecular complexity index is 411. The minimum absolute atomic E-state index is 0.158. The van der Waals surface area contributed by atoms with Gasteiger partial charge in [0, 0.05) is 11.3 Å². The molecule has 0 amide bonds. The smallest absolute Gasteiger partial charge is 0.123 e. The molecule has 2 atom stereocenters. The van der Waals surface area contributed by atoms with E-state index in [2.05, 4.69) is 0 Å². The Kier molecular flexibility index (Phi) is 1.37. The number of aryl methyl sites for hydroxylation is 1. The van der Waals surface area contributed by atoms with Crippen LogP contribution in [0.25, 0.3) is 0 Å². The summed E-state index contributed by atoms with van der Waals surface area (Å²) in [5.74, 6) is 0.567. The average molecular weight is 188 g/mol. The van der Waals surface area contributed by atoms with Gasteiger partial charge in [-0.25, -0.2) is 0 Å². The van der Waals surface area contributed by atoms with E-state index in [-0.39, 0.29) is 11.3 Å². The Labute approximate surface area is 82.6 Å². The van der Waals surface area contributed by atoms with Gasteiger partial charge in [-0.3, -0.25) is 0 Å². The molecular weight excluding hydrogens is 176 g/mol. The minimum atomic E-state index is 0.158. The van der Waals surface area contributed by atoms with Crippen LogP contribution in [0.5, 0.6) is 5.75 Å². The van der Waals surface area contributed by atoms with Crippen LogP contribution < -0.4 is 0 Å². The fourth-order valence-electron chi connectivity index (χ4n) is 2.87. The van der Waals surface area contributed by atoms with Gasteiger partial charge < -0.3 is 9.90 Å². The van der Waals surface area contributed by atoms with Crippen molar-refractivity contribution in [3.05, 3.63) is 29.3 Å². The van der Waals surface area contributed by atoms with Gasteiger partial charge >= 0.3 is 0 Å². The van der Waals surface area contributed by atoms with E-state index in [0.717, 1.165) is 25.5 Å². The summed E-state index contributed by atoms with van der Waals surface area (Å²) < 4.78 is 0. The summed E-state index contributed by atoms with van der Waals surface area (Å²) in [6.45, 7) is 0. The molecule has 0 heterocycles. The van der Waals surface area contributed by atoms with Gasteiger partial charge in [-0.05, 0) is 42.5 Å². The molecule has 72 valence electrons. The molecule has 3 rings (SSSR count). The highest BCUT2D eigenvalue weighted by Crippen LogP contribution is 2.60. The maximum Gasteiger partial charge on any atom is 0.123 e. The zero-order chi connectivity index (χ0) is 9.76. The molecule has 1 spiro atoms. The van der Waals surface area contributed by atoms with Crippen molar-refractivity contribution in [3.8, 4) is 5.75 Å². The molecule has 0 saturated heterocycles. The molecule has 2 nitrogen and oxygen atoms in total. The zero-order valence-electron chi connectivity index (χ0n) is 7.86. The van der Waals surface area contributed by atoms with Crippen LogP contribution in [0.1, 0.15) is 24.0 Å². The fraction of sp³-hybridized carbons (Fsp3) is 0.417. The van der Waals surface area contributed by atoms with Gasteiger partial charge in [0.1, 0.15) is 12.0 Å². The van der Waals surface area contributed by atoms with E-state index in [9.17, 15) is 9.90 Å². The third-order valence-corrected chi connectivity index (χ3v) is 3.76. The van der Waals surface area contributed by atoms with Gasteiger partial charge in [-0.1, -0.05) is 6.07 Å². The van der Waals surface area contributed by atoms with Crippen LogP contribution in [-0.4, -0.2) is 11.4 Å². The molecule has 1 aromatic carbocycles. The van der Waals surface area contributed by atoms with Crippen LogP contribution in [-0.2, 0) is 16.6 Å². The summed E-state index contributed by atoms with van der Waals surface area (Å²) in [5.41, 5.74) is 2.69. The van der Waals surface area contributed by atoms with E-state index in [1.807, 2.05) is 12.1 Å². The molecule has 1 saturated carbocycles. The van der Waals surface area contributed by atoms with Crippen molar-refractivity contribution in [2.24, 2.45) is 5.92 Å². The Morgan fingerprint density at radius 2 is 2.36 bits per heavy atom. The van der Waals surface area contributed by atoms with Crippen LogP contribution >= 0.6 is 0 Å². The molecule has 2 aliphatic rings. The average Bonchev–Trinajstić information content (AvgIpc) is 2.78. The number of aromatic hydroxyl groups is 1. The maximum absolute atomic E-state index is 10.8. The number of fused-ring (bicyclic) bond motifs is 2. The number of aldehydes is 1. The summed E-state index contributed by atoms with van der Waals surface area (Å²) in [7, 11) is 0. The topological polar surface area (TPSA) is 37.3 Å². The van der Waals surface area contributed by atoms with Crippen molar-refractivity contribution in [2.75, 3.05) is 0 Å². The molecule has 0 aromatic heterocycles. The molecule has 0 unspecified atom stereocenters. The minimum Gasteiger partial charge on any atom is -0.508 e. The first-order valence-corrected chi connectivity index (χ1v) is 5.04. The normalized spacial score (nSPS) is 33.0. The quantitative estimate of drug-likeness (QED) is 0.682. The number of rotatable bonds is 1. The number of carbonyl (C=O) groups is 1. The van der Waals surface area contributed by atoms with Crippen molar-refractivity contribution in [1.82, 2.24) is 0 Å². The summed E-state index contributed by atoms with van der Waals surface area (Å²) in [5, 5.41) is 9.34. The zero-order valence-corrected chi connectivity index (χ0v) is 7.86. The number of carbonyl (C=O) groups excluding carboxylic acids is 1. The highest BCUT2D eigenvalue weighted by atomic mass is 16.3. The van der Waals surface area contributed by atoms with Crippen molar-refractivity contribution >= 4 is 6.29 Å². The molecule has 1 N–H and O–H groups in total. The third kappa shape index (κ3) is 0.834. The van der Waals surface area contributed by atoms with Crippen molar-refractivity contribution in [3.63, 3.8) is 0 Å². The second-order valence-electron chi connectivity index (χ2n) is 4.44. The van der Waals surface area contributed by atoms with Crippen LogP contribution in [0.15, 0.2) is 18.2 Å². The molecule has 14 heavy (non-hydrogen) atoms. The lowest BCUT2D eigenvalue weighted by Crippen LogP contribution is -2.05. The highest BCUT2D eigenvalue weighted by Gasteiger charge is 2.57. The Balaban J connectivity index is 2.08. The predicted octanol–water partition coefficient (Wildman–Crippen LogP) is 1.79. The number of phenols is 1. The van der Waals surface area contributed by atoms with Gasteiger partial charge in [-0.15, -0.1) is 0 Å². The van der Waals surface area contributed by atoms with Crippen LogP contribution in [0, 0.1) is 5.92 Å². The van der Waals surface area contributed by atoms with Gasteiger partial charge in [0.25, 0.3) is 0 Å². The highest BCUT2D eigenvalue weighted by molar-refractivity contribution is 5.66. The van der Waals surface area contributed by atoms with Crippen molar-refractivity contribution in [2.45, 2.75) is 24.7 Å². The summed E-state index contributed by atoms with van der Waals surface area (Å²) >= 11 is 0. The summed E-state index contributed by atoms with van der Waals surface area (Å²) in [4.78, 5) is 10.8. The van der Waals surface area contributed by atoms with E-state index < -0.39 is 0 Å². The first kappa shape index (κ1) is 8.04. The first-order chi connectivity index (χ1) is 6.76. The standard InChI is InChI=1S/C12H12O2/c13-7-9-6-12(9)4-3-8-5-10(14)1-2-11(8)12/h1-2,5,7,9,14H,3-4,6H2/t9-,12+/m0/s1. The first-order valence-electron chi connectivity index (χ1n) is 5.04. The van der Waals surface area contributed by atoms with E-state index in [4.69, 9.17) is 0 Å². The number of phenolic OH excluding ortho intramolecular Hbond substituents is 1. The van der Waals surface area contributed by atoms with Gasteiger partial charge in [0.05, 0.1) is 0 Å². The van der Waals surface area contributed by atoms with Crippen LogP contribution in [0.2, 0.25) is 0 Å². The summed E-state index contributed by atoms with van der Waals surface area (Å²) in [6, 6.07) is 5.55. The molecule has 0 aliphatic heterocycles. The molecular formula is C12H12O2. The second-order valence-corrected chi connectivity index (χ2v) is 4.44. The van der Waals surface area contributed by atoms with Crippen molar-refractivity contribution in [1.29, 1.82) is 0 Å². The molecule has 1 aromatic rings. The number of hydrogen-bond donors (Lipinski definition) is 1. The molecule has 2 heteroatoms. The lowest BCUT2D eigenvalue weighted by atomic mass is 9.96. The SMILES string of the molecule is O=C[C@@H]1C[C@]12CCc1cc(O)ccc12.